The highest BCUT2D eigenvalue weighted by atomic mass is 16.3. The lowest BCUT2D eigenvalue weighted by Gasteiger charge is -2.26. The summed E-state index contributed by atoms with van der Waals surface area (Å²) in [5.74, 6) is 0.320. The normalized spacial score (nSPS) is 14.6. The smallest absolute Gasteiger partial charge is 0.253 e. The van der Waals surface area contributed by atoms with E-state index in [0.717, 1.165) is 31.5 Å². The van der Waals surface area contributed by atoms with Gasteiger partial charge in [0.1, 0.15) is 11.6 Å². The maximum absolute atomic E-state index is 12.1. The van der Waals surface area contributed by atoms with E-state index in [1.54, 1.807) is 29.8 Å². The molecule has 146 valence electrons. The Morgan fingerprint density at radius 1 is 1.18 bits per heavy atom. The fourth-order valence-electron chi connectivity index (χ4n) is 3.98. The number of benzene rings is 1. The zero-order chi connectivity index (χ0) is 20.0. The number of hydrogen-bond donors (Lipinski definition) is 3. The first kappa shape index (κ1) is 18.1. The summed E-state index contributed by atoms with van der Waals surface area (Å²) >= 11 is 0. The van der Waals surface area contributed by atoms with Gasteiger partial charge in [0.05, 0.1) is 16.6 Å². The zero-order valence-corrected chi connectivity index (χ0v) is 16.1. The first-order valence-corrected chi connectivity index (χ1v) is 9.41. The van der Waals surface area contributed by atoms with Crippen molar-refractivity contribution in [3.05, 3.63) is 35.0 Å². The summed E-state index contributed by atoms with van der Waals surface area (Å²) in [6, 6.07) is 3.44. The molecule has 0 spiro atoms. The molecule has 0 saturated carbocycles. The Morgan fingerprint density at radius 2 is 1.89 bits per heavy atom. The van der Waals surface area contributed by atoms with Crippen molar-refractivity contribution in [2.45, 2.75) is 33.1 Å². The molecule has 1 aliphatic rings. The number of aromatic hydroxyl groups is 1. The van der Waals surface area contributed by atoms with Gasteiger partial charge in [0.2, 0.25) is 5.95 Å². The lowest BCUT2D eigenvalue weighted by molar-refractivity contribution is 0.100. The summed E-state index contributed by atoms with van der Waals surface area (Å²) < 4.78 is 1.70. The molecule has 0 atom stereocenters. The van der Waals surface area contributed by atoms with Crippen LogP contribution in [0.5, 0.6) is 5.75 Å². The maximum atomic E-state index is 12.1. The van der Waals surface area contributed by atoms with Gasteiger partial charge in [-0.15, -0.1) is 0 Å². The molecule has 1 saturated heterocycles. The number of nitrogens with zero attached hydrogens (tertiary/aromatic N) is 4. The van der Waals surface area contributed by atoms with Gasteiger partial charge in [0.15, 0.2) is 5.65 Å². The van der Waals surface area contributed by atoms with Crippen LogP contribution in [-0.2, 0) is 0 Å². The molecule has 2 aromatic heterocycles. The lowest BCUT2D eigenvalue weighted by atomic mass is 10.1. The molecule has 1 fully saturated rings. The van der Waals surface area contributed by atoms with E-state index >= 15 is 0 Å². The number of carbonyl (C=O) groups excluding carboxylic acids is 1. The average Bonchev–Trinajstić information content (AvgIpc) is 2.97. The van der Waals surface area contributed by atoms with E-state index in [2.05, 4.69) is 9.88 Å². The topological polar surface area (TPSA) is 123 Å². The molecule has 0 unspecified atom stereocenters. The Morgan fingerprint density at radius 3 is 2.57 bits per heavy atom. The second-order valence-electron chi connectivity index (χ2n) is 7.29. The van der Waals surface area contributed by atoms with Crippen molar-refractivity contribution in [2.24, 2.45) is 5.73 Å². The molecule has 0 bridgehead atoms. The molecule has 0 aliphatic carbocycles. The highest BCUT2D eigenvalue weighted by molar-refractivity contribution is 6.10. The summed E-state index contributed by atoms with van der Waals surface area (Å²) in [5.41, 5.74) is 14.9. The minimum absolute atomic E-state index is 0.146. The third kappa shape index (κ3) is 2.72. The number of fused-ring (bicyclic) bond motifs is 1. The molecule has 5 N–H and O–H groups in total. The first-order valence-electron chi connectivity index (χ1n) is 9.41. The van der Waals surface area contributed by atoms with E-state index in [-0.39, 0.29) is 17.1 Å². The largest absolute Gasteiger partial charge is 0.508 e. The number of phenols is 1. The molecule has 4 rings (SSSR count). The number of aryl methyl sites for hydroxylation is 1. The summed E-state index contributed by atoms with van der Waals surface area (Å²) in [7, 11) is 0. The van der Waals surface area contributed by atoms with Crippen LogP contribution >= 0.6 is 0 Å². The van der Waals surface area contributed by atoms with Crippen LogP contribution < -0.4 is 16.4 Å². The van der Waals surface area contributed by atoms with Gasteiger partial charge in [-0.2, -0.15) is 4.98 Å². The van der Waals surface area contributed by atoms with Gasteiger partial charge in [0, 0.05) is 24.8 Å². The van der Waals surface area contributed by atoms with Crippen molar-refractivity contribution in [3.63, 3.8) is 0 Å². The fourth-order valence-corrected chi connectivity index (χ4v) is 3.98. The van der Waals surface area contributed by atoms with Crippen LogP contribution in [-0.4, -0.2) is 38.6 Å². The van der Waals surface area contributed by atoms with E-state index in [4.69, 9.17) is 16.5 Å². The standard InChI is InChI=1S/C20H24N6O2/c1-11-6-7-14(27)12(2)16(11)26-17(21)15(18(22)28)13-10-23-20(24-19(13)26)25-8-4-3-5-9-25/h6-7,10,27H,3-5,8-9,21H2,1-2H3,(H2,22,28). The van der Waals surface area contributed by atoms with Crippen LogP contribution in [0, 0.1) is 13.8 Å². The molecule has 1 aliphatic heterocycles. The van der Waals surface area contributed by atoms with Gasteiger partial charge in [-0.1, -0.05) is 6.07 Å². The van der Waals surface area contributed by atoms with Crippen LogP contribution in [0.25, 0.3) is 16.7 Å². The quantitative estimate of drug-likeness (QED) is 0.641. The van der Waals surface area contributed by atoms with Crippen molar-refractivity contribution in [1.29, 1.82) is 0 Å². The minimum Gasteiger partial charge on any atom is -0.508 e. The molecule has 3 aromatic rings. The number of aromatic nitrogens is 3. The fraction of sp³-hybridized carbons (Fsp3) is 0.350. The predicted octanol–water partition coefficient (Wildman–Crippen LogP) is 2.41. The number of primary amides is 1. The van der Waals surface area contributed by atoms with Crippen LogP contribution in [0.3, 0.4) is 0 Å². The maximum Gasteiger partial charge on any atom is 0.253 e. The molecular formula is C20H24N6O2. The molecule has 0 radical (unpaired) electrons. The molecule has 8 nitrogen and oxygen atoms in total. The number of piperidine rings is 1. The van der Waals surface area contributed by atoms with Gasteiger partial charge in [0.25, 0.3) is 5.91 Å². The summed E-state index contributed by atoms with van der Waals surface area (Å²) in [6.07, 6.45) is 5.02. The summed E-state index contributed by atoms with van der Waals surface area (Å²) in [6.45, 7) is 5.52. The Bertz CT molecular complexity index is 1080. The number of carbonyl (C=O) groups is 1. The van der Waals surface area contributed by atoms with Crippen LogP contribution in [0.15, 0.2) is 18.3 Å². The first-order chi connectivity index (χ1) is 13.4. The minimum atomic E-state index is -0.633. The number of nitrogen functional groups attached to an aromatic ring is 1. The number of phenolic OH excluding ortho intramolecular Hbond substituents is 1. The van der Waals surface area contributed by atoms with E-state index in [9.17, 15) is 9.90 Å². The van der Waals surface area contributed by atoms with E-state index in [1.165, 1.54) is 6.42 Å². The Balaban J connectivity index is 2.03. The monoisotopic (exact) mass is 380 g/mol. The molecule has 3 heterocycles. The van der Waals surface area contributed by atoms with E-state index in [0.29, 0.717) is 28.2 Å². The van der Waals surface area contributed by atoms with Gasteiger partial charge < -0.3 is 21.5 Å². The van der Waals surface area contributed by atoms with E-state index in [1.807, 2.05) is 6.92 Å². The summed E-state index contributed by atoms with van der Waals surface area (Å²) in [4.78, 5) is 23.5. The molecular weight excluding hydrogens is 356 g/mol. The van der Waals surface area contributed by atoms with Gasteiger partial charge >= 0.3 is 0 Å². The molecule has 8 heteroatoms. The van der Waals surface area contributed by atoms with Gasteiger partial charge in [-0.3, -0.25) is 9.36 Å². The molecule has 28 heavy (non-hydrogen) atoms. The van der Waals surface area contributed by atoms with Crippen LogP contribution in [0.1, 0.15) is 40.7 Å². The van der Waals surface area contributed by atoms with Crippen LogP contribution in [0.2, 0.25) is 0 Å². The third-order valence-electron chi connectivity index (χ3n) is 5.45. The Labute approximate surface area is 162 Å². The van der Waals surface area contributed by atoms with Crippen molar-refractivity contribution in [1.82, 2.24) is 14.5 Å². The number of amides is 1. The van der Waals surface area contributed by atoms with Crippen molar-refractivity contribution >= 4 is 28.7 Å². The molecule has 1 aromatic carbocycles. The lowest BCUT2D eigenvalue weighted by Crippen LogP contribution is -2.31. The number of nitrogens with two attached hydrogens (primary N) is 2. The van der Waals surface area contributed by atoms with Gasteiger partial charge in [-0.05, 0) is 44.7 Å². The number of hydrogen-bond acceptors (Lipinski definition) is 6. The second-order valence-corrected chi connectivity index (χ2v) is 7.29. The Hall–Kier alpha value is -3.29. The molecule has 1 amide bonds. The van der Waals surface area contributed by atoms with Crippen molar-refractivity contribution < 1.29 is 9.90 Å². The van der Waals surface area contributed by atoms with Crippen LogP contribution in [0.4, 0.5) is 11.8 Å². The number of anilines is 2. The van der Waals surface area contributed by atoms with E-state index < -0.39 is 5.91 Å². The Kier molecular flexibility index (Phi) is 4.33. The average molecular weight is 380 g/mol. The highest BCUT2D eigenvalue weighted by Gasteiger charge is 2.25. The van der Waals surface area contributed by atoms with Crippen molar-refractivity contribution in [2.75, 3.05) is 23.7 Å². The SMILES string of the molecule is Cc1ccc(O)c(C)c1-n1c(N)c(C(N)=O)c2cnc(N3CCCCC3)nc21. The highest BCUT2D eigenvalue weighted by Crippen LogP contribution is 2.36. The predicted molar refractivity (Wildman–Crippen MR) is 109 cm³/mol. The van der Waals surface area contributed by atoms with Gasteiger partial charge in [-0.25, -0.2) is 4.98 Å². The summed E-state index contributed by atoms with van der Waals surface area (Å²) in [5, 5.41) is 10.7. The zero-order valence-electron chi connectivity index (χ0n) is 16.1. The van der Waals surface area contributed by atoms with Crippen molar-refractivity contribution in [3.8, 4) is 11.4 Å². The third-order valence-corrected chi connectivity index (χ3v) is 5.45. The number of rotatable bonds is 3. The second kappa shape index (κ2) is 6.70.